The number of likely N-dealkylation sites (N-methyl/N-ethyl adjacent to an activating group) is 1. The molecule has 3 unspecified atom stereocenters. The number of aliphatic hydroxyl groups is 1. The van der Waals surface area contributed by atoms with Crippen molar-refractivity contribution in [3.8, 4) is 0 Å². The molecule has 0 bridgehead atoms. The van der Waals surface area contributed by atoms with Crippen LogP contribution < -0.4 is 0 Å². The highest BCUT2D eigenvalue weighted by atomic mass is 35.5. The summed E-state index contributed by atoms with van der Waals surface area (Å²) < 4.78 is 0. The topological polar surface area (TPSA) is 43.8 Å². The van der Waals surface area contributed by atoms with Gasteiger partial charge in [-0.05, 0) is 62.9 Å². The molecule has 1 saturated heterocycles. The summed E-state index contributed by atoms with van der Waals surface area (Å²) in [4.78, 5) is 17.2. The fourth-order valence-corrected chi connectivity index (χ4v) is 4.48. The van der Waals surface area contributed by atoms with Gasteiger partial charge in [-0.25, -0.2) is 0 Å². The molecule has 1 aromatic rings. The number of carbonyl (C=O) groups is 1. The van der Waals surface area contributed by atoms with Crippen molar-refractivity contribution in [3.63, 3.8) is 0 Å². The van der Waals surface area contributed by atoms with Crippen LogP contribution in [0.25, 0.3) is 0 Å². The summed E-state index contributed by atoms with van der Waals surface area (Å²) in [7, 11) is 1.89. The van der Waals surface area contributed by atoms with Crippen LogP contribution in [0.2, 0.25) is 10.0 Å². The van der Waals surface area contributed by atoms with Gasteiger partial charge in [0.1, 0.15) is 0 Å². The third-order valence-corrected chi connectivity index (χ3v) is 6.33. The highest BCUT2D eigenvalue weighted by Gasteiger charge is 2.38. The van der Waals surface area contributed by atoms with Gasteiger partial charge in [0, 0.05) is 19.1 Å². The normalized spacial score (nSPS) is 27.4. The first-order valence-electron chi connectivity index (χ1n) is 9.07. The van der Waals surface area contributed by atoms with Gasteiger partial charge < -0.3 is 10.0 Å². The lowest BCUT2D eigenvalue weighted by Crippen LogP contribution is -2.55. The van der Waals surface area contributed by atoms with Gasteiger partial charge in [-0.3, -0.25) is 9.69 Å². The number of benzene rings is 1. The van der Waals surface area contributed by atoms with E-state index in [1.54, 1.807) is 12.1 Å². The van der Waals surface area contributed by atoms with E-state index in [0.717, 1.165) is 37.9 Å². The van der Waals surface area contributed by atoms with Crippen LogP contribution in [0, 0.1) is 0 Å². The number of hydrogen-bond donors (Lipinski definition) is 1. The van der Waals surface area contributed by atoms with E-state index < -0.39 is 0 Å². The Morgan fingerprint density at radius 2 is 1.96 bits per heavy atom. The molecule has 3 atom stereocenters. The molecule has 1 aliphatic heterocycles. The minimum atomic E-state index is -0.250. The lowest BCUT2D eigenvalue weighted by atomic mass is 9.86. The Morgan fingerprint density at radius 3 is 2.64 bits per heavy atom. The Labute approximate surface area is 159 Å². The second-order valence-corrected chi connectivity index (χ2v) is 8.09. The first-order valence-corrected chi connectivity index (χ1v) is 9.83. The van der Waals surface area contributed by atoms with Crippen LogP contribution in [0.1, 0.15) is 37.7 Å². The van der Waals surface area contributed by atoms with Gasteiger partial charge in [-0.1, -0.05) is 29.3 Å². The van der Waals surface area contributed by atoms with Crippen LogP contribution in [-0.2, 0) is 11.2 Å². The highest BCUT2D eigenvalue weighted by molar-refractivity contribution is 6.42. The summed E-state index contributed by atoms with van der Waals surface area (Å²) >= 11 is 12.0. The van der Waals surface area contributed by atoms with Crippen LogP contribution in [0.5, 0.6) is 0 Å². The van der Waals surface area contributed by atoms with Crippen LogP contribution >= 0.6 is 23.2 Å². The quantitative estimate of drug-likeness (QED) is 0.864. The largest absolute Gasteiger partial charge is 0.393 e. The lowest BCUT2D eigenvalue weighted by Gasteiger charge is -2.44. The maximum Gasteiger partial charge on any atom is 0.227 e. The van der Waals surface area contributed by atoms with E-state index in [4.69, 9.17) is 23.2 Å². The monoisotopic (exact) mass is 384 g/mol. The first kappa shape index (κ1) is 19.0. The third kappa shape index (κ3) is 4.48. The summed E-state index contributed by atoms with van der Waals surface area (Å²) in [6.45, 7) is 2.14. The van der Waals surface area contributed by atoms with Crippen molar-refractivity contribution < 1.29 is 9.90 Å². The first-order chi connectivity index (χ1) is 12.0. The molecule has 2 aliphatic rings. The summed E-state index contributed by atoms with van der Waals surface area (Å²) in [5, 5.41) is 11.1. The van der Waals surface area contributed by atoms with E-state index in [9.17, 15) is 9.90 Å². The summed E-state index contributed by atoms with van der Waals surface area (Å²) in [6.07, 6.45) is 4.86. The molecule has 0 aromatic heterocycles. The van der Waals surface area contributed by atoms with Gasteiger partial charge in [0.15, 0.2) is 0 Å². The van der Waals surface area contributed by atoms with Crippen LogP contribution in [-0.4, -0.2) is 59.1 Å². The minimum Gasteiger partial charge on any atom is -0.393 e. The molecule has 3 rings (SSSR count). The van der Waals surface area contributed by atoms with E-state index in [1.807, 2.05) is 18.0 Å². The molecular formula is C19H26Cl2N2O2. The molecule has 0 radical (unpaired) electrons. The van der Waals surface area contributed by atoms with Crippen LogP contribution in [0.4, 0.5) is 0 Å². The summed E-state index contributed by atoms with van der Waals surface area (Å²) in [5.41, 5.74) is 0.875. The maximum atomic E-state index is 12.8. The van der Waals surface area contributed by atoms with Gasteiger partial charge in [-0.15, -0.1) is 0 Å². The van der Waals surface area contributed by atoms with E-state index in [0.29, 0.717) is 16.5 Å². The Balaban J connectivity index is 1.69. The predicted molar refractivity (Wildman–Crippen MR) is 101 cm³/mol. The molecule has 25 heavy (non-hydrogen) atoms. The Morgan fingerprint density at radius 1 is 1.24 bits per heavy atom. The van der Waals surface area contributed by atoms with Crippen molar-refractivity contribution in [3.05, 3.63) is 33.8 Å². The zero-order valence-electron chi connectivity index (χ0n) is 14.6. The lowest BCUT2D eigenvalue weighted by molar-refractivity contribution is -0.134. The summed E-state index contributed by atoms with van der Waals surface area (Å²) in [5.74, 6) is 0.0870. The zero-order valence-corrected chi connectivity index (χ0v) is 16.1. The number of likely N-dealkylation sites (tertiary alicyclic amines) is 1. The van der Waals surface area contributed by atoms with Crippen molar-refractivity contribution >= 4 is 29.1 Å². The molecular weight excluding hydrogens is 359 g/mol. The SMILES string of the molecule is CN(C(=O)Cc1ccc(Cl)c(Cl)c1)C1CCC(O)CC1N1CCCC1. The van der Waals surface area contributed by atoms with Gasteiger partial charge in [0.2, 0.25) is 5.91 Å². The van der Waals surface area contributed by atoms with Gasteiger partial charge in [-0.2, -0.15) is 0 Å². The second-order valence-electron chi connectivity index (χ2n) is 7.27. The summed E-state index contributed by atoms with van der Waals surface area (Å²) in [6, 6.07) is 5.77. The van der Waals surface area contributed by atoms with Crippen molar-refractivity contribution in [2.24, 2.45) is 0 Å². The third-order valence-electron chi connectivity index (χ3n) is 5.59. The smallest absolute Gasteiger partial charge is 0.227 e. The zero-order chi connectivity index (χ0) is 18.0. The van der Waals surface area contributed by atoms with E-state index in [1.165, 1.54) is 12.8 Å². The van der Waals surface area contributed by atoms with Gasteiger partial charge >= 0.3 is 0 Å². The van der Waals surface area contributed by atoms with Crippen molar-refractivity contribution in [2.45, 2.75) is 56.7 Å². The van der Waals surface area contributed by atoms with Crippen molar-refractivity contribution in [1.82, 2.24) is 9.80 Å². The standard InChI is InChI=1S/C19H26Cl2N2O2/c1-22(19(25)11-13-4-6-15(20)16(21)10-13)17-7-5-14(24)12-18(17)23-8-2-3-9-23/h4,6,10,14,17-18,24H,2-3,5,7-9,11-12H2,1H3. The average Bonchev–Trinajstić information content (AvgIpc) is 3.12. The van der Waals surface area contributed by atoms with Gasteiger partial charge in [0.25, 0.3) is 0 Å². The van der Waals surface area contributed by atoms with E-state index in [-0.39, 0.29) is 24.1 Å². The number of halogens is 2. The Bertz CT molecular complexity index is 619. The number of amides is 1. The molecule has 138 valence electrons. The minimum absolute atomic E-state index is 0.0870. The number of rotatable bonds is 4. The highest BCUT2D eigenvalue weighted by Crippen LogP contribution is 2.30. The fourth-order valence-electron chi connectivity index (χ4n) is 4.16. The molecule has 2 fully saturated rings. The number of hydrogen-bond acceptors (Lipinski definition) is 3. The number of carbonyl (C=O) groups excluding carboxylic acids is 1. The molecule has 6 heteroatoms. The predicted octanol–water partition coefficient (Wildman–Crippen LogP) is 3.37. The molecule has 1 aromatic carbocycles. The molecule has 4 nitrogen and oxygen atoms in total. The van der Waals surface area contributed by atoms with E-state index in [2.05, 4.69) is 4.90 Å². The molecule has 0 spiro atoms. The Hall–Kier alpha value is -0.810. The molecule has 1 saturated carbocycles. The van der Waals surface area contributed by atoms with Crippen LogP contribution in [0.3, 0.4) is 0 Å². The Kier molecular flexibility index (Phi) is 6.26. The second kappa shape index (κ2) is 8.26. The van der Waals surface area contributed by atoms with Crippen molar-refractivity contribution in [2.75, 3.05) is 20.1 Å². The number of nitrogens with zero attached hydrogens (tertiary/aromatic N) is 2. The van der Waals surface area contributed by atoms with E-state index >= 15 is 0 Å². The molecule has 1 N–H and O–H groups in total. The van der Waals surface area contributed by atoms with Gasteiger partial charge in [0.05, 0.1) is 22.6 Å². The number of aliphatic hydroxyl groups excluding tert-OH is 1. The van der Waals surface area contributed by atoms with Crippen LogP contribution in [0.15, 0.2) is 18.2 Å². The molecule has 1 amide bonds. The maximum absolute atomic E-state index is 12.8. The molecule has 1 aliphatic carbocycles. The molecule has 1 heterocycles. The fraction of sp³-hybridized carbons (Fsp3) is 0.632. The average molecular weight is 385 g/mol. The van der Waals surface area contributed by atoms with Crippen molar-refractivity contribution in [1.29, 1.82) is 0 Å².